The molecule has 0 bridgehead atoms. The first-order chi connectivity index (χ1) is 7.07. The first-order valence-corrected chi connectivity index (χ1v) is 6.41. The summed E-state index contributed by atoms with van der Waals surface area (Å²) in [6.07, 6.45) is 0. The molecule has 0 aromatic rings. The Labute approximate surface area is 105 Å². The van der Waals surface area contributed by atoms with Gasteiger partial charge in [0.2, 0.25) is 5.91 Å². The molecular weight excluding hydrogens is 246 g/mol. The van der Waals surface area contributed by atoms with E-state index in [4.69, 9.17) is 0 Å². The minimum absolute atomic E-state index is 0.235. The number of hydrogen-bond acceptors (Lipinski definition) is 4. The molecule has 1 saturated heterocycles. The Balaban J connectivity index is 2.99. The Morgan fingerprint density at radius 2 is 2.00 bits per heavy atom. The van der Waals surface area contributed by atoms with Crippen LogP contribution in [0.15, 0.2) is 0 Å². The second-order valence-corrected chi connectivity index (χ2v) is 7.67. The number of carbonyl (C=O) groups is 2. The number of rotatable bonds is 2. The fraction of sp³-hybridized carbons (Fsp3) is 0.800. The summed E-state index contributed by atoms with van der Waals surface area (Å²) >= 11 is 5.68. The Kier molecular flexibility index (Phi) is 3.55. The molecule has 1 aliphatic heterocycles. The molecule has 1 N–H and O–H groups in total. The molecule has 16 heavy (non-hydrogen) atoms. The highest BCUT2D eigenvalue weighted by Gasteiger charge is 2.50. The number of thiol groups is 1. The fourth-order valence-corrected chi connectivity index (χ4v) is 2.98. The van der Waals surface area contributed by atoms with Gasteiger partial charge >= 0.3 is 5.97 Å². The lowest BCUT2D eigenvalue weighted by Crippen LogP contribution is -2.52. The Morgan fingerprint density at radius 3 is 2.38 bits per heavy atom. The maximum Gasteiger partial charge on any atom is 0.327 e. The number of carboxylic acids is 1. The van der Waals surface area contributed by atoms with Crippen LogP contribution in [-0.4, -0.2) is 43.3 Å². The molecule has 0 aromatic heterocycles. The average Bonchev–Trinajstić information content (AvgIpc) is 2.37. The van der Waals surface area contributed by atoms with Gasteiger partial charge in [-0.1, -0.05) is 0 Å². The first-order valence-electron chi connectivity index (χ1n) is 4.97. The monoisotopic (exact) mass is 263 g/mol. The lowest BCUT2D eigenvalue weighted by Gasteiger charge is -2.31. The van der Waals surface area contributed by atoms with Crippen molar-refractivity contribution in [1.29, 1.82) is 0 Å². The van der Waals surface area contributed by atoms with E-state index in [9.17, 15) is 14.7 Å². The third-order valence-electron chi connectivity index (χ3n) is 2.56. The van der Waals surface area contributed by atoms with Gasteiger partial charge in [-0.15, -0.1) is 11.8 Å². The lowest BCUT2D eigenvalue weighted by atomic mass is 10.0. The average molecular weight is 263 g/mol. The molecule has 0 spiro atoms. The van der Waals surface area contributed by atoms with Crippen molar-refractivity contribution in [3.8, 4) is 0 Å². The van der Waals surface area contributed by atoms with Crippen LogP contribution >= 0.6 is 24.4 Å². The molecule has 1 aliphatic rings. The van der Waals surface area contributed by atoms with Crippen molar-refractivity contribution < 1.29 is 14.7 Å². The molecule has 6 heteroatoms. The quantitative estimate of drug-likeness (QED) is 0.741. The molecule has 1 amide bonds. The van der Waals surface area contributed by atoms with E-state index in [1.807, 2.05) is 13.8 Å². The SMILES string of the molecule is CC(C)(S)C(=O)N1CSC(C)(C)[C@H]1C(=O)O. The zero-order chi connectivity index (χ0) is 12.7. The lowest BCUT2D eigenvalue weighted by molar-refractivity contribution is -0.150. The van der Waals surface area contributed by atoms with E-state index in [1.54, 1.807) is 13.8 Å². The van der Waals surface area contributed by atoms with Gasteiger partial charge in [-0.2, -0.15) is 12.6 Å². The van der Waals surface area contributed by atoms with Crippen molar-refractivity contribution >= 4 is 36.3 Å². The second-order valence-electron chi connectivity index (χ2n) is 4.95. The molecule has 0 radical (unpaired) electrons. The number of amides is 1. The number of carbonyl (C=O) groups excluding carboxylic acids is 1. The normalized spacial score (nSPS) is 24.6. The zero-order valence-corrected chi connectivity index (χ0v) is 11.6. The molecule has 0 saturated carbocycles. The molecule has 1 atom stereocenters. The van der Waals surface area contributed by atoms with E-state index in [1.165, 1.54) is 16.7 Å². The van der Waals surface area contributed by atoms with E-state index < -0.39 is 21.5 Å². The Morgan fingerprint density at radius 1 is 1.50 bits per heavy atom. The van der Waals surface area contributed by atoms with Crippen molar-refractivity contribution in [1.82, 2.24) is 4.90 Å². The van der Waals surface area contributed by atoms with E-state index in [0.717, 1.165) is 0 Å². The summed E-state index contributed by atoms with van der Waals surface area (Å²) in [6, 6.07) is -0.781. The molecule has 1 heterocycles. The van der Waals surface area contributed by atoms with Gasteiger partial charge in [-0.3, -0.25) is 4.79 Å². The van der Waals surface area contributed by atoms with Crippen LogP contribution in [0.25, 0.3) is 0 Å². The van der Waals surface area contributed by atoms with Crippen molar-refractivity contribution in [3.63, 3.8) is 0 Å². The van der Waals surface area contributed by atoms with Crippen LogP contribution in [0, 0.1) is 0 Å². The van der Waals surface area contributed by atoms with Gasteiger partial charge in [0.25, 0.3) is 0 Å². The number of hydrogen-bond donors (Lipinski definition) is 2. The predicted molar refractivity (Wildman–Crippen MR) is 67.9 cm³/mol. The zero-order valence-electron chi connectivity index (χ0n) is 9.85. The van der Waals surface area contributed by atoms with Gasteiger partial charge in [0.1, 0.15) is 6.04 Å². The van der Waals surface area contributed by atoms with Gasteiger partial charge in [0, 0.05) is 4.75 Å². The molecule has 1 rings (SSSR count). The topological polar surface area (TPSA) is 57.6 Å². The molecule has 0 aliphatic carbocycles. The molecular formula is C10H17NO3S2. The van der Waals surface area contributed by atoms with Crippen LogP contribution in [0.2, 0.25) is 0 Å². The number of thioether (sulfide) groups is 1. The molecule has 0 aromatic carbocycles. The minimum atomic E-state index is -0.957. The highest BCUT2D eigenvalue weighted by Crippen LogP contribution is 2.40. The van der Waals surface area contributed by atoms with E-state index in [2.05, 4.69) is 12.6 Å². The van der Waals surface area contributed by atoms with Gasteiger partial charge in [0.05, 0.1) is 10.6 Å². The van der Waals surface area contributed by atoms with Crippen LogP contribution in [0.5, 0.6) is 0 Å². The third kappa shape index (κ3) is 2.48. The maximum absolute atomic E-state index is 12.0. The maximum atomic E-state index is 12.0. The largest absolute Gasteiger partial charge is 0.480 e. The van der Waals surface area contributed by atoms with Crippen LogP contribution in [0.1, 0.15) is 27.7 Å². The van der Waals surface area contributed by atoms with E-state index in [0.29, 0.717) is 5.88 Å². The van der Waals surface area contributed by atoms with Crippen molar-refractivity contribution in [2.24, 2.45) is 0 Å². The minimum Gasteiger partial charge on any atom is -0.480 e. The van der Waals surface area contributed by atoms with Crippen molar-refractivity contribution in [2.75, 3.05) is 5.88 Å². The summed E-state index contributed by atoms with van der Waals surface area (Å²) in [5, 5.41) is 9.20. The van der Waals surface area contributed by atoms with Crippen LogP contribution in [0.4, 0.5) is 0 Å². The van der Waals surface area contributed by atoms with Gasteiger partial charge in [0.15, 0.2) is 0 Å². The molecule has 4 nitrogen and oxygen atoms in total. The van der Waals surface area contributed by atoms with Crippen LogP contribution in [-0.2, 0) is 9.59 Å². The highest BCUT2D eigenvalue weighted by atomic mass is 32.2. The van der Waals surface area contributed by atoms with Crippen molar-refractivity contribution in [3.05, 3.63) is 0 Å². The smallest absolute Gasteiger partial charge is 0.327 e. The number of carboxylic acid groups (broad SMARTS) is 1. The van der Waals surface area contributed by atoms with Crippen LogP contribution in [0.3, 0.4) is 0 Å². The Bertz CT molecular complexity index is 323. The summed E-state index contributed by atoms with van der Waals surface area (Å²) < 4.78 is -1.30. The summed E-state index contributed by atoms with van der Waals surface area (Å²) in [6.45, 7) is 7.03. The molecule has 1 fully saturated rings. The number of aliphatic carboxylic acids is 1. The predicted octanol–water partition coefficient (Wildman–Crippen LogP) is 1.46. The summed E-state index contributed by atoms with van der Waals surface area (Å²) in [4.78, 5) is 24.7. The van der Waals surface area contributed by atoms with Crippen molar-refractivity contribution in [2.45, 2.75) is 43.2 Å². The fourth-order valence-electron chi connectivity index (χ4n) is 1.72. The van der Waals surface area contributed by atoms with E-state index in [-0.39, 0.29) is 5.91 Å². The van der Waals surface area contributed by atoms with Gasteiger partial charge < -0.3 is 10.0 Å². The van der Waals surface area contributed by atoms with Gasteiger partial charge in [-0.05, 0) is 27.7 Å². The summed E-state index contributed by atoms with van der Waals surface area (Å²) in [5.41, 5.74) is 0. The van der Waals surface area contributed by atoms with Gasteiger partial charge in [-0.25, -0.2) is 4.79 Å². The Hall–Kier alpha value is -0.360. The molecule has 0 unspecified atom stereocenters. The number of nitrogens with zero attached hydrogens (tertiary/aromatic N) is 1. The van der Waals surface area contributed by atoms with E-state index >= 15 is 0 Å². The molecule has 92 valence electrons. The highest BCUT2D eigenvalue weighted by molar-refractivity contribution is 8.00. The summed E-state index contributed by atoms with van der Waals surface area (Å²) in [7, 11) is 0. The first kappa shape index (κ1) is 13.7. The second kappa shape index (κ2) is 4.14. The third-order valence-corrected chi connectivity index (χ3v) is 4.13. The summed E-state index contributed by atoms with van der Waals surface area (Å²) in [5.74, 6) is -0.783. The standard InChI is InChI=1S/C10H17NO3S2/c1-9(2,15)8(14)11-5-16-10(3,4)6(11)7(12)13/h6,15H,5H2,1-4H3,(H,12,13)/t6-/m1/s1. The van der Waals surface area contributed by atoms with Crippen LogP contribution < -0.4 is 0 Å².